The number of aryl methyl sites for hydroxylation is 1. The van der Waals surface area contributed by atoms with Crippen LogP contribution in [0.2, 0.25) is 0 Å². The van der Waals surface area contributed by atoms with Crippen LogP contribution in [0, 0.1) is 12.8 Å². The SMILES string of the molecule is Cc1ccccc1N(C)CCNCC1CCCCC1. The van der Waals surface area contributed by atoms with E-state index >= 15 is 0 Å². The summed E-state index contributed by atoms with van der Waals surface area (Å²) in [6.45, 7) is 5.56. The third-order valence-corrected chi connectivity index (χ3v) is 4.31. The smallest absolute Gasteiger partial charge is 0.0393 e. The van der Waals surface area contributed by atoms with Crippen molar-refractivity contribution in [1.82, 2.24) is 5.32 Å². The monoisotopic (exact) mass is 260 g/mol. The minimum atomic E-state index is 0.928. The second kappa shape index (κ2) is 7.54. The molecule has 2 rings (SSSR count). The zero-order chi connectivity index (χ0) is 13.5. The first-order valence-electron chi connectivity index (χ1n) is 7.75. The van der Waals surface area contributed by atoms with Crippen molar-refractivity contribution < 1.29 is 0 Å². The second-order valence-corrected chi connectivity index (χ2v) is 5.92. The minimum absolute atomic E-state index is 0.928. The molecule has 1 fully saturated rings. The zero-order valence-electron chi connectivity index (χ0n) is 12.5. The van der Waals surface area contributed by atoms with Crippen LogP contribution in [0.15, 0.2) is 24.3 Å². The summed E-state index contributed by atoms with van der Waals surface area (Å²) in [6, 6.07) is 8.61. The fourth-order valence-electron chi connectivity index (χ4n) is 3.06. The van der Waals surface area contributed by atoms with Crippen LogP contribution in [0.25, 0.3) is 0 Å². The van der Waals surface area contributed by atoms with Gasteiger partial charge >= 0.3 is 0 Å². The van der Waals surface area contributed by atoms with Crippen molar-refractivity contribution in [2.24, 2.45) is 5.92 Å². The quantitative estimate of drug-likeness (QED) is 0.786. The van der Waals surface area contributed by atoms with Gasteiger partial charge in [-0.1, -0.05) is 37.5 Å². The Morgan fingerprint density at radius 1 is 1.16 bits per heavy atom. The Hall–Kier alpha value is -1.02. The molecule has 0 unspecified atom stereocenters. The van der Waals surface area contributed by atoms with Crippen LogP contribution in [0.1, 0.15) is 37.7 Å². The fourth-order valence-corrected chi connectivity index (χ4v) is 3.06. The standard InChI is InChI=1S/C17H28N2/c1-15-8-6-7-11-17(15)19(2)13-12-18-14-16-9-4-3-5-10-16/h6-8,11,16,18H,3-5,9-10,12-14H2,1-2H3. The molecule has 2 nitrogen and oxygen atoms in total. The van der Waals surface area contributed by atoms with Gasteiger partial charge < -0.3 is 10.2 Å². The van der Waals surface area contributed by atoms with E-state index in [4.69, 9.17) is 0 Å². The summed E-state index contributed by atoms with van der Waals surface area (Å²) in [5.41, 5.74) is 2.71. The van der Waals surface area contributed by atoms with E-state index in [1.165, 1.54) is 49.9 Å². The molecule has 1 aromatic rings. The Morgan fingerprint density at radius 3 is 2.63 bits per heavy atom. The van der Waals surface area contributed by atoms with Crippen LogP contribution >= 0.6 is 0 Å². The number of hydrogen-bond acceptors (Lipinski definition) is 2. The molecule has 0 spiro atoms. The molecule has 1 N–H and O–H groups in total. The van der Waals surface area contributed by atoms with Crippen molar-refractivity contribution in [3.8, 4) is 0 Å². The van der Waals surface area contributed by atoms with Crippen LogP contribution < -0.4 is 10.2 Å². The Balaban J connectivity index is 1.66. The highest BCUT2D eigenvalue weighted by atomic mass is 15.1. The topological polar surface area (TPSA) is 15.3 Å². The molecular formula is C17H28N2. The molecule has 0 aliphatic heterocycles. The van der Waals surface area contributed by atoms with E-state index in [2.05, 4.69) is 48.5 Å². The van der Waals surface area contributed by atoms with Gasteiger partial charge in [-0.05, 0) is 43.9 Å². The van der Waals surface area contributed by atoms with Gasteiger partial charge in [0, 0.05) is 25.8 Å². The molecule has 0 bridgehead atoms. The summed E-state index contributed by atoms with van der Waals surface area (Å²) < 4.78 is 0. The number of likely N-dealkylation sites (N-methyl/N-ethyl adjacent to an activating group) is 1. The third kappa shape index (κ3) is 4.54. The summed E-state index contributed by atoms with van der Waals surface area (Å²) in [4.78, 5) is 2.35. The predicted octanol–water partition coefficient (Wildman–Crippen LogP) is 3.60. The number of anilines is 1. The Kier molecular flexibility index (Phi) is 5.71. The molecule has 1 aliphatic carbocycles. The summed E-state index contributed by atoms with van der Waals surface area (Å²) in [5, 5.41) is 3.63. The molecular weight excluding hydrogens is 232 g/mol. The molecule has 2 heteroatoms. The van der Waals surface area contributed by atoms with Crippen LogP contribution in [0.4, 0.5) is 5.69 Å². The molecule has 0 radical (unpaired) electrons. The van der Waals surface area contributed by atoms with Gasteiger partial charge in [-0.25, -0.2) is 0 Å². The zero-order valence-corrected chi connectivity index (χ0v) is 12.5. The molecule has 0 atom stereocenters. The van der Waals surface area contributed by atoms with Crippen LogP contribution in [0.3, 0.4) is 0 Å². The van der Waals surface area contributed by atoms with Gasteiger partial charge in [-0.3, -0.25) is 0 Å². The second-order valence-electron chi connectivity index (χ2n) is 5.92. The molecule has 0 saturated heterocycles. The molecule has 106 valence electrons. The first-order chi connectivity index (χ1) is 9.27. The average Bonchev–Trinajstić information content (AvgIpc) is 2.45. The van der Waals surface area contributed by atoms with Crippen LogP contribution in [-0.4, -0.2) is 26.7 Å². The summed E-state index contributed by atoms with van der Waals surface area (Å²) in [7, 11) is 2.19. The Labute approximate surface area is 118 Å². The summed E-state index contributed by atoms with van der Waals surface area (Å²) >= 11 is 0. The molecule has 0 amide bonds. The Morgan fingerprint density at radius 2 is 1.89 bits per heavy atom. The first kappa shape index (κ1) is 14.4. The van der Waals surface area contributed by atoms with E-state index in [0.29, 0.717) is 0 Å². The van der Waals surface area contributed by atoms with Crippen LogP contribution in [-0.2, 0) is 0 Å². The number of hydrogen-bond donors (Lipinski definition) is 1. The number of rotatable bonds is 6. The van der Waals surface area contributed by atoms with Gasteiger partial charge in [0.25, 0.3) is 0 Å². The summed E-state index contributed by atoms with van der Waals surface area (Å²) in [5.74, 6) is 0.928. The number of benzene rings is 1. The van der Waals surface area contributed by atoms with Crippen molar-refractivity contribution in [2.75, 3.05) is 31.6 Å². The van der Waals surface area contributed by atoms with Gasteiger partial charge in [0.15, 0.2) is 0 Å². The lowest BCUT2D eigenvalue weighted by Crippen LogP contribution is -2.32. The normalized spacial score (nSPS) is 16.5. The lowest BCUT2D eigenvalue weighted by molar-refractivity contribution is 0.343. The fraction of sp³-hybridized carbons (Fsp3) is 0.647. The molecule has 1 aliphatic rings. The van der Waals surface area contributed by atoms with E-state index in [9.17, 15) is 0 Å². The number of para-hydroxylation sites is 1. The maximum atomic E-state index is 3.63. The maximum Gasteiger partial charge on any atom is 0.0393 e. The molecule has 0 aromatic heterocycles. The van der Waals surface area contributed by atoms with Gasteiger partial charge in [0.1, 0.15) is 0 Å². The van der Waals surface area contributed by atoms with Gasteiger partial charge in [-0.2, -0.15) is 0 Å². The van der Waals surface area contributed by atoms with Gasteiger partial charge in [0.2, 0.25) is 0 Å². The molecule has 1 aromatic carbocycles. The largest absolute Gasteiger partial charge is 0.373 e. The van der Waals surface area contributed by atoms with Crippen molar-refractivity contribution >= 4 is 5.69 Å². The average molecular weight is 260 g/mol. The van der Waals surface area contributed by atoms with Crippen molar-refractivity contribution in [3.63, 3.8) is 0 Å². The molecule has 0 heterocycles. The van der Waals surface area contributed by atoms with Crippen molar-refractivity contribution in [2.45, 2.75) is 39.0 Å². The van der Waals surface area contributed by atoms with Crippen molar-refractivity contribution in [1.29, 1.82) is 0 Å². The lowest BCUT2D eigenvalue weighted by atomic mass is 9.89. The predicted molar refractivity (Wildman–Crippen MR) is 83.9 cm³/mol. The number of nitrogens with one attached hydrogen (secondary N) is 1. The highest BCUT2D eigenvalue weighted by Gasteiger charge is 2.12. The van der Waals surface area contributed by atoms with E-state index in [1.807, 2.05) is 0 Å². The highest BCUT2D eigenvalue weighted by molar-refractivity contribution is 5.52. The first-order valence-corrected chi connectivity index (χ1v) is 7.75. The summed E-state index contributed by atoms with van der Waals surface area (Å²) in [6.07, 6.45) is 7.19. The van der Waals surface area contributed by atoms with Gasteiger partial charge in [-0.15, -0.1) is 0 Å². The van der Waals surface area contributed by atoms with E-state index in [1.54, 1.807) is 0 Å². The lowest BCUT2D eigenvalue weighted by Gasteiger charge is -2.24. The van der Waals surface area contributed by atoms with E-state index in [-0.39, 0.29) is 0 Å². The Bertz CT molecular complexity index is 369. The highest BCUT2D eigenvalue weighted by Crippen LogP contribution is 2.22. The van der Waals surface area contributed by atoms with E-state index in [0.717, 1.165) is 19.0 Å². The number of nitrogens with zero attached hydrogens (tertiary/aromatic N) is 1. The molecule has 1 saturated carbocycles. The maximum absolute atomic E-state index is 3.63. The third-order valence-electron chi connectivity index (χ3n) is 4.31. The minimum Gasteiger partial charge on any atom is -0.373 e. The van der Waals surface area contributed by atoms with Gasteiger partial charge in [0.05, 0.1) is 0 Å². The molecule has 19 heavy (non-hydrogen) atoms. The van der Waals surface area contributed by atoms with Crippen molar-refractivity contribution in [3.05, 3.63) is 29.8 Å². The van der Waals surface area contributed by atoms with Crippen LogP contribution in [0.5, 0.6) is 0 Å². The van der Waals surface area contributed by atoms with E-state index < -0.39 is 0 Å².